The van der Waals surface area contributed by atoms with Crippen molar-refractivity contribution in [1.82, 2.24) is 4.72 Å². The lowest BCUT2D eigenvalue weighted by molar-refractivity contribution is -0.385. The quantitative estimate of drug-likeness (QED) is 0.470. The number of non-ortho nitro benzene ring substituents is 1. The minimum Gasteiger partial charge on any atom is -0.468 e. The van der Waals surface area contributed by atoms with Gasteiger partial charge in [0.2, 0.25) is 10.0 Å². The Bertz CT molecular complexity index is 615. The van der Waals surface area contributed by atoms with Crippen LogP contribution < -0.4 is 4.72 Å². The van der Waals surface area contributed by atoms with Gasteiger partial charge < -0.3 is 4.74 Å². The van der Waals surface area contributed by atoms with Crippen LogP contribution in [0.25, 0.3) is 0 Å². The number of rotatable bonds is 5. The van der Waals surface area contributed by atoms with E-state index in [1.807, 2.05) is 0 Å². The molecular weight excluding hydrogens is 283 g/mol. The SMILES string of the molecule is COC(=O)CNS(=O)(=O)c1ccc([N+](=O)[O-])cc1F. The lowest BCUT2D eigenvalue weighted by Crippen LogP contribution is -2.30. The van der Waals surface area contributed by atoms with Crippen molar-refractivity contribution in [2.24, 2.45) is 0 Å². The predicted molar refractivity (Wildman–Crippen MR) is 60.3 cm³/mol. The Morgan fingerprint density at radius 2 is 2.16 bits per heavy atom. The molecule has 0 saturated heterocycles. The molecule has 0 amide bonds. The van der Waals surface area contributed by atoms with E-state index in [4.69, 9.17) is 0 Å². The van der Waals surface area contributed by atoms with Gasteiger partial charge in [0.1, 0.15) is 17.3 Å². The lowest BCUT2D eigenvalue weighted by atomic mass is 10.3. The summed E-state index contributed by atoms with van der Waals surface area (Å²) in [5.41, 5.74) is -0.579. The second kappa shape index (κ2) is 5.71. The molecule has 8 nitrogen and oxygen atoms in total. The Labute approximate surface area is 107 Å². The number of nitro benzene ring substituents is 1. The van der Waals surface area contributed by atoms with E-state index in [1.165, 1.54) is 0 Å². The third-order valence-corrected chi connectivity index (χ3v) is 3.48. The van der Waals surface area contributed by atoms with Gasteiger partial charge in [0, 0.05) is 6.07 Å². The molecule has 0 spiro atoms. The van der Waals surface area contributed by atoms with E-state index in [0.717, 1.165) is 19.2 Å². The molecule has 1 aromatic carbocycles. The summed E-state index contributed by atoms with van der Waals surface area (Å²) in [6, 6.07) is 2.07. The van der Waals surface area contributed by atoms with Crippen LogP contribution in [0.15, 0.2) is 23.1 Å². The van der Waals surface area contributed by atoms with Gasteiger partial charge in [-0.2, -0.15) is 4.72 Å². The molecule has 0 bridgehead atoms. The zero-order valence-corrected chi connectivity index (χ0v) is 10.4. The van der Waals surface area contributed by atoms with Crippen LogP contribution >= 0.6 is 0 Å². The standard InChI is InChI=1S/C9H9FN2O6S/c1-18-9(13)5-11-19(16,17)8-3-2-6(12(14)15)4-7(8)10/h2-4,11H,5H2,1H3. The number of halogens is 1. The molecular formula is C9H9FN2O6S. The van der Waals surface area contributed by atoms with E-state index in [0.29, 0.717) is 6.07 Å². The summed E-state index contributed by atoms with van der Waals surface area (Å²) >= 11 is 0. The Morgan fingerprint density at radius 1 is 1.53 bits per heavy atom. The molecule has 0 aromatic heterocycles. The molecule has 1 aromatic rings. The van der Waals surface area contributed by atoms with Gasteiger partial charge in [-0.1, -0.05) is 0 Å². The van der Waals surface area contributed by atoms with Crippen molar-refractivity contribution < 1.29 is 27.3 Å². The smallest absolute Gasteiger partial charge is 0.320 e. The molecule has 0 aliphatic rings. The molecule has 1 N–H and O–H groups in total. The number of ether oxygens (including phenoxy) is 1. The highest BCUT2D eigenvalue weighted by Crippen LogP contribution is 2.20. The van der Waals surface area contributed by atoms with Gasteiger partial charge in [-0.05, 0) is 6.07 Å². The highest BCUT2D eigenvalue weighted by molar-refractivity contribution is 7.89. The first-order chi connectivity index (χ1) is 8.77. The summed E-state index contributed by atoms with van der Waals surface area (Å²) in [4.78, 5) is 19.5. The van der Waals surface area contributed by atoms with Crippen molar-refractivity contribution in [1.29, 1.82) is 0 Å². The van der Waals surface area contributed by atoms with Gasteiger partial charge >= 0.3 is 5.97 Å². The van der Waals surface area contributed by atoms with Gasteiger partial charge in [-0.3, -0.25) is 14.9 Å². The van der Waals surface area contributed by atoms with Crippen molar-refractivity contribution in [3.63, 3.8) is 0 Å². The van der Waals surface area contributed by atoms with Crippen LogP contribution in [0.5, 0.6) is 0 Å². The molecule has 0 aliphatic carbocycles. The number of nitrogens with zero attached hydrogens (tertiary/aromatic N) is 1. The van der Waals surface area contributed by atoms with Crippen molar-refractivity contribution in [2.45, 2.75) is 4.90 Å². The first kappa shape index (κ1) is 15.0. The van der Waals surface area contributed by atoms with Crippen LogP contribution in [0, 0.1) is 15.9 Å². The second-order valence-electron chi connectivity index (χ2n) is 3.27. The Balaban J connectivity index is 3.02. The number of esters is 1. The Kier molecular flexibility index (Phi) is 4.51. The molecule has 0 radical (unpaired) electrons. The van der Waals surface area contributed by atoms with Crippen LogP contribution in [-0.2, 0) is 19.6 Å². The topological polar surface area (TPSA) is 116 Å². The fraction of sp³-hybridized carbons (Fsp3) is 0.222. The maximum absolute atomic E-state index is 13.5. The molecule has 104 valence electrons. The summed E-state index contributed by atoms with van der Waals surface area (Å²) in [5, 5.41) is 10.4. The van der Waals surface area contributed by atoms with Crippen molar-refractivity contribution in [3.05, 3.63) is 34.1 Å². The summed E-state index contributed by atoms with van der Waals surface area (Å²) in [6.07, 6.45) is 0. The number of methoxy groups -OCH3 is 1. The number of hydrogen-bond acceptors (Lipinski definition) is 6. The maximum atomic E-state index is 13.5. The van der Waals surface area contributed by atoms with Crippen molar-refractivity contribution in [2.75, 3.05) is 13.7 Å². The predicted octanol–water partition coefficient (Wildman–Crippen LogP) is 0.185. The zero-order valence-electron chi connectivity index (χ0n) is 9.62. The van der Waals surface area contributed by atoms with Crippen LogP contribution in [0.3, 0.4) is 0 Å². The van der Waals surface area contributed by atoms with E-state index in [9.17, 15) is 27.7 Å². The largest absolute Gasteiger partial charge is 0.468 e. The number of carbonyl (C=O) groups is 1. The summed E-state index contributed by atoms with van der Waals surface area (Å²) in [5.74, 6) is -2.14. The van der Waals surface area contributed by atoms with Crippen molar-refractivity contribution in [3.8, 4) is 0 Å². The molecule has 0 atom stereocenters. The first-order valence-corrected chi connectivity index (χ1v) is 6.26. The summed E-state index contributed by atoms with van der Waals surface area (Å²) < 4.78 is 42.7. The fourth-order valence-corrected chi connectivity index (χ4v) is 2.15. The molecule has 0 saturated carbocycles. The van der Waals surface area contributed by atoms with E-state index in [1.54, 1.807) is 4.72 Å². The molecule has 0 fully saturated rings. The molecule has 10 heteroatoms. The maximum Gasteiger partial charge on any atom is 0.320 e. The number of benzene rings is 1. The zero-order chi connectivity index (χ0) is 14.6. The van der Waals surface area contributed by atoms with E-state index in [-0.39, 0.29) is 0 Å². The van der Waals surface area contributed by atoms with Crippen LogP contribution in [-0.4, -0.2) is 33.0 Å². The minimum atomic E-state index is -4.29. The minimum absolute atomic E-state index is 0.479. The van der Waals surface area contributed by atoms with Gasteiger partial charge in [-0.15, -0.1) is 0 Å². The Morgan fingerprint density at radius 3 is 2.63 bits per heavy atom. The van der Waals surface area contributed by atoms with Crippen LogP contribution in [0.2, 0.25) is 0 Å². The lowest BCUT2D eigenvalue weighted by Gasteiger charge is -2.06. The summed E-state index contributed by atoms with van der Waals surface area (Å²) in [6.45, 7) is -0.671. The molecule has 0 heterocycles. The van der Waals surface area contributed by atoms with E-state index < -0.39 is 43.9 Å². The number of nitro groups is 1. The molecule has 1 rings (SSSR count). The summed E-state index contributed by atoms with van der Waals surface area (Å²) in [7, 11) is -3.23. The van der Waals surface area contributed by atoms with Gasteiger partial charge in [0.15, 0.2) is 0 Å². The highest BCUT2D eigenvalue weighted by atomic mass is 32.2. The van der Waals surface area contributed by atoms with Crippen molar-refractivity contribution >= 4 is 21.7 Å². The van der Waals surface area contributed by atoms with E-state index in [2.05, 4.69) is 4.74 Å². The number of nitrogens with one attached hydrogen (secondary N) is 1. The van der Waals surface area contributed by atoms with Gasteiger partial charge in [0.25, 0.3) is 5.69 Å². The normalized spacial score (nSPS) is 11.1. The average Bonchev–Trinajstić information content (AvgIpc) is 2.35. The molecule has 0 unspecified atom stereocenters. The fourth-order valence-electron chi connectivity index (χ4n) is 1.13. The second-order valence-corrected chi connectivity index (χ2v) is 5.01. The highest BCUT2D eigenvalue weighted by Gasteiger charge is 2.22. The van der Waals surface area contributed by atoms with Crippen LogP contribution in [0.4, 0.5) is 10.1 Å². The Hall–Kier alpha value is -2.07. The monoisotopic (exact) mass is 292 g/mol. The number of sulfonamides is 1. The first-order valence-electron chi connectivity index (χ1n) is 4.78. The van der Waals surface area contributed by atoms with Gasteiger partial charge in [-0.25, -0.2) is 12.8 Å². The number of carbonyl (C=O) groups excluding carboxylic acids is 1. The average molecular weight is 292 g/mol. The number of hydrogen-bond donors (Lipinski definition) is 1. The van der Waals surface area contributed by atoms with Crippen LogP contribution in [0.1, 0.15) is 0 Å². The van der Waals surface area contributed by atoms with Gasteiger partial charge in [0.05, 0.1) is 18.1 Å². The third kappa shape index (κ3) is 3.69. The molecule has 0 aliphatic heterocycles. The third-order valence-electron chi connectivity index (χ3n) is 2.05. The van der Waals surface area contributed by atoms with E-state index >= 15 is 0 Å². The molecule has 19 heavy (non-hydrogen) atoms.